The van der Waals surface area contributed by atoms with Crippen LogP contribution in [0.15, 0.2) is 0 Å². The molecule has 17 heavy (non-hydrogen) atoms. The standard InChI is InChI=1S/C15H30N2/c1-13-4-6-14(7-5-13)12-17-10-8-15(9-11-17)16(2)3/h13-15H,4-12H2,1-3H3. The average Bonchev–Trinajstić information content (AvgIpc) is 2.33. The van der Waals surface area contributed by atoms with E-state index in [9.17, 15) is 0 Å². The van der Waals surface area contributed by atoms with Crippen LogP contribution < -0.4 is 0 Å². The fourth-order valence-electron chi connectivity index (χ4n) is 3.50. The zero-order chi connectivity index (χ0) is 12.3. The molecule has 1 saturated carbocycles. The summed E-state index contributed by atoms with van der Waals surface area (Å²) in [6.07, 6.45) is 8.65. The number of likely N-dealkylation sites (tertiary alicyclic amines) is 1. The van der Waals surface area contributed by atoms with E-state index >= 15 is 0 Å². The molecule has 0 radical (unpaired) electrons. The summed E-state index contributed by atoms with van der Waals surface area (Å²) in [4.78, 5) is 5.13. The number of hydrogen-bond acceptors (Lipinski definition) is 2. The minimum atomic E-state index is 0.831. The van der Waals surface area contributed by atoms with Gasteiger partial charge in [0.05, 0.1) is 0 Å². The molecule has 1 aliphatic carbocycles. The molecule has 0 aromatic carbocycles. The number of hydrogen-bond donors (Lipinski definition) is 0. The smallest absolute Gasteiger partial charge is 0.0113 e. The maximum atomic E-state index is 2.72. The van der Waals surface area contributed by atoms with Gasteiger partial charge >= 0.3 is 0 Å². The zero-order valence-electron chi connectivity index (χ0n) is 12.0. The van der Waals surface area contributed by atoms with Gasteiger partial charge in [0.2, 0.25) is 0 Å². The van der Waals surface area contributed by atoms with Crippen LogP contribution in [0.5, 0.6) is 0 Å². The third-order valence-electron chi connectivity index (χ3n) is 4.94. The van der Waals surface area contributed by atoms with Gasteiger partial charge in [-0.1, -0.05) is 19.8 Å². The highest BCUT2D eigenvalue weighted by Crippen LogP contribution is 2.29. The van der Waals surface area contributed by atoms with E-state index in [-0.39, 0.29) is 0 Å². The normalized spacial score (nSPS) is 33.2. The second kappa shape index (κ2) is 6.19. The molecule has 2 aliphatic rings. The number of piperidine rings is 1. The fraction of sp³-hybridized carbons (Fsp3) is 1.00. The summed E-state index contributed by atoms with van der Waals surface area (Å²) in [5, 5.41) is 0. The molecule has 1 saturated heterocycles. The predicted octanol–water partition coefficient (Wildman–Crippen LogP) is 2.84. The van der Waals surface area contributed by atoms with Crippen molar-refractivity contribution in [1.29, 1.82) is 0 Å². The third kappa shape index (κ3) is 3.96. The molecule has 0 spiro atoms. The first kappa shape index (κ1) is 13.4. The van der Waals surface area contributed by atoms with E-state index in [1.54, 1.807) is 0 Å². The lowest BCUT2D eigenvalue weighted by Gasteiger charge is -2.38. The van der Waals surface area contributed by atoms with E-state index in [1.165, 1.54) is 58.2 Å². The van der Waals surface area contributed by atoms with Crippen LogP contribution in [-0.4, -0.2) is 49.6 Å². The first-order valence-electron chi connectivity index (χ1n) is 7.54. The first-order chi connectivity index (χ1) is 8.15. The predicted molar refractivity (Wildman–Crippen MR) is 74.3 cm³/mol. The number of rotatable bonds is 3. The van der Waals surface area contributed by atoms with Crippen LogP contribution in [0, 0.1) is 11.8 Å². The van der Waals surface area contributed by atoms with E-state index in [1.807, 2.05) is 0 Å². The summed E-state index contributed by atoms with van der Waals surface area (Å²) in [7, 11) is 4.45. The van der Waals surface area contributed by atoms with Crippen molar-refractivity contribution < 1.29 is 0 Å². The van der Waals surface area contributed by atoms with Gasteiger partial charge in [-0.25, -0.2) is 0 Å². The van der Waals surface area contributed by atoms with Crippen LogP contribution in [0.25, 0.3) is 0 Å². The first-order valence-corrected chi connectivity index (χ1v) is 7.54. The highest BCUT2D eigenvalue weighted by molar-refractivity contribution is 4.80. The van der Waals surface area contributed by atoms with Gasteiger partial charge in [-0.15, -0.1) is 0 Å². The van der Waals surface area contributed by atoms with E-state index < -0.39 is 0 Å². The molecule has 0 aromatic heterocycles. The van der Waals surface area contributed by atoms with Gasteiger partial charge in [0.25, 0.3) is 0 Å². The molecule has 0 bridgehead atoms. The summed E-state index contributed by atoms with van der Waals surface area (Å²) in [5.41, 5.74) is 0. The molecular formula is C15H30N2. The van der Waals surface area contributed by atoms with E-state index in [0.717, 1.165) is 17.9 Å². The van der Waals surface area contributed by atoms with Crippen molar-refractivity contribution in [2.75, 3.05) is 33.7 Å². The minimum absolute atomic E-state index is 0.831. The minimum Gasteiger partial charge on any atom is -0.306 e. The lowest BCUT2D eigenvalue weighted by Crippen LogP contribution is -2.43. The van der Waals surface area contributed by atoms with Gasteiger partial charge < -0.3 is 9.80 Å². The maximum Gasteiger partial charge on any atom is 0.0113 e. The van der Waals surface area contributed by atoms with Crippen molar-refractivity contribution >= 4 is 0 Å². The van der Waals surface area contributed by atoms with Crippen LogP contribution in [0.4, 0.5) is 0 Å². The molecule has 2 nitrogen and oxygen atoms in total. The SMILES string of the molecule is CC1CCC(CN2CCC(N(C)C)CC2)CC1. The Morgan fingerprint density at radius 2 is 1.53 bits per heavy atom. The van der Waals surface area contributed by atoms with Crippen LogP contribution >= 0.6 is 0 Å². The summed E-state index contributed by atoms with van der Waals surface area (Å²) >= 11 is 0. The van der Waals surface area contributed by atoms with Crippen LogP contribution in [0.2, 0.25) is 0 Å². The highest BCUT2D eigenvalue weighted by atomic mass is 15.2. The molecular weight excluding hydrogens is 208 g/mol. The molecule has 0 aromatic rings. The van der Waals surface area contributed by atoms with Crippen LogP contribution in [0.3, 0.4) is 0 Å². The average molecular weight is 238 g/mol. The maximum absolute atomic E-state index is 2.72. The van der Waals surface area contributed by atoms with Crippen molar-refractivity contribution in [3.8, 4) is 0 Å². The summed E-state index contributed by atoms with van der Waals surface area (Å²) < 4.78 is 0. The monoisotopic (exact) mass is 238 g/mol. The Hall–Kier alpha value is -0.0800. The summed E-state index contributed by atoms with van der Waals surface area (Å²) in [5.74, 6) is 1.99. The van der Waals surface area contributed by atoms with Crippen molar-refractivity contribution in [2.45, 2.75) is 51.5 Å². The van der Waals surface area contributed by atoms with Gasteiger partial charge in [-0.3, -0.25) is 0 Å². The topological polar surface area (TPSA) is 6.48 Å². The Balaban J connectivity index is 1.67. The number of nitrogens with zero attached hydrogens (tertiary/aromatic N) is 2. The van der Waals surface area contributed by atoms with E-state index in [2.05, 4.69) is 30.8 Å². The Morgan fingerprint density at radius 3 is 2.06 bits per heavy atom. The Kier molecular flexibility index (Phi) is 4.87. The molecule has 0 unspecified atom stereocenters. The quantitative estimate of drug-likeness (QED) is 0.746. The molecule has 0 amide bonds. The van der Waals surface area contributed by atoms with Gasteiger partial charge in [-0.05, 0) is 64.7 Å². The Morgan fingerprint density at radius 1 is 0.941 bits per heavy atom. The summed E-state index contributed by atoms with van der Waals surface area (Å²) in [6.45, 7) is 6.45. The van der Waals surface area contributed by atoms with E-state index in [0.29, 0.717) is 0 Å². The third-order valence-corrected chi connectivity index (χ3v) is 4.94. The largest absolute Gasteiger partial charge is 0.306 e. The second-order valence-corrected chi connectivity index (χ2v) is 6.62. The van der Waals surface area contributed by atoms with Gasteiger partial charge in [0.1, 0.15) is 0 Å². The van der Waals surface area contributed by atoms with Crippen molar-refractivity contribution in [3.63, 3.8) is 0 Å². The molecule has 100 valence electrons. The van der Waals surface area contributed by atoms with Gasteiger partial charge in [0.15, 0.2) is 0 Å². The molecule has 2 fully saturated rings. The van der Waals surface area contributed by atoms with E-state index in [4.69, 9.17) is 0 Å². The Labute approximate surface area is 107 Å². The van der Waals surface area contributed by atoms with Crippen molar-refractivity contribution in [2.24, 2.45) is 11.8 Å². The Bertz CT molecular complexity index is 211. The molecule has 2 rings (SSSR count). The second-order valence-electron chi connectivity index (χ2n) is 6.62. The molecule has 0 atom stereocenters. The summed E-state index contributed by atoms with van der Waals surface area (Å²) in [6, 6.07) is 0.831. The van der Waals surface area contributed by atoms with Gasteiger partial charge in [-0.2, -0.15) is 0 Å². The lowest BCUT2D eigenvalue weighted by atomic mass is 9.82. The highest BCUT2D eigenvalue weighted by Gasteiger charge is 2.24. The van der Waals surface area contributed by atoms with Gasteiger partial charge in [0, 0.05) is 12.6 Å². The van der Waals surface area contributed by atoms with Crippen LogP contribution in [-0.2, 0) is 0 Å². The lowest BCUT2D eigenvalue weighted by molar-refractivity contribution is 0.116. The molecule has 1 aliphatic heterocycles. The van der Waals surface area contributed by atoms with Crippen LogP contribution in [0.1, 0.15) is 45.4 Å². The fourth-order valence-corrected chi connectivity index (χ4v) is 3.50. The van der Waals surface area contributed by atoms with Crippen molar-refractivity contribution in [1.82, 2.24) is 9.80 Å². The molecule has 2 heteroatoms. The molecule has 1 heterocycles. The van der Waals surface area contributed by atoms with Crippen molar-refractivity contribution in [3.05, 3.63) is 0 Å². The molecule has 0 N–H and O–H groups in total. The zero-order valence-corrected chi connectivity index (χ0v) is 12.0.